The number of methoxy groups -OCH3 is 2. The molecule has 2 aromatic rings. The molecule has 0 fully saturated rings. The first-order chi connectivity index (χ1) is 13.6. The normalized spacial score (nSPS) is 11.8. The zero-order chi connectivity index (χ0) is 21.6. The predicted molar refractivity (Wildman–Crippen MR) is 114 cm³/mol. The first-order valence-corrected chi connectivity index (χ1v) is 9.06. The van der Waals surface area contributed by atoms with E-state index in [1.807, 2.05) is 32.9 Å². The van der Waals surface area contributed by atoms with Crippen molar-refractivity contribution in [2.75, 3.05) is 14.2 Å². The van der Waals surface area contributed by atoms with Crippen LogP contribution in [0.25, 0.3) is 0 Å². The minimum atomic E-state index is -0.191. The predicted octanol–water partition coefficient (Wildman–Crippen LogP) is 1.85. The van der Waals surface area contributed by atoms with Crippen molar-refractivity contribution < 1.29 is 9.47 Å². The zero-order valence-corrected chi connectivity index (χ0v) is 17.5. The topological polar surface area (TPSA) is 130 Å². The number of benzene rings is 1. The summed E-state index contributed by atoms with van der Waals surface area (Å²) in [4.78, 5) is 25.1. The molecule has 156 valence electrons. The highest BCUT2D eigenvalue weighted by Gasteiger charge is 2.13. The van der Waals surface area contributed by atoms with Crippen LogP contribution in [0.5, 0.6) is 11.5 Å². The fourth-order valence-corrected chi connectivity index (χ4v) is 2.67. The van der Waals surface area contributed by atoms with Gasteiger partial charge < -0.3 is 20.9 Å². The second-order valence-corrected chi connectivity index (χ2v) is 7.70. The van der Waals surface area contributed by atoms with Crippen LogP contribution in [0.3, 0.4) is 0 Å². The van der Waals surface area contributed by atoms with E-state index in [1.165, 1.54) is 12.4 Å². The maximum atomic E-state index is 12.4. The fourth-order valence-electron chi connectivity index (χ4n) is 2.67. The number of aliphatic imine (C=N–C) groups is 2. The molecule has 1 aromatic heterocycles. The summed E-state index contributed by atoms with van der Waals surface area (Å²) in [7, 11) is 3.13. The molecule has 1 aromatic carbocycles. The average Bonchev–Trinajstić information content (AvgIpc) is 2.62. The highest BCUT2D eigenvalue weighted by molar-refractivity contribution is 5.96. The van der Waals surface area contributed by atoms with Gasteiger partial charge >= 0.3 is 0 Å². The van der Waals surface area contributed by atoms with Gasteiger partial charge in [-0.3, -0.25) is 9.36 Å². The van der Waals surface area contributed by atoms with Crippen LogP contribution in [0.2, 0.25) is 0 Å². The van der Waals surface area contributed by atoms with Crippen LogP contribution in [0.1, 0.15) is 26.3 Å². The minimum Gasteiger partial charge on any atom is -0.493 e. The van der Waals surface area contributed by atoms with Crippen molar-refractivity contribution in [1.29, 1.82) is 0 Å². The monoisotopic (exact) mass is 400 g/mol. The third kappa shape index (κ3) is 6.63. The van der Waals surface area contributed by atoms with E-state index in [0.717, 1.165) is 5.56 Å². The Morgan fingerprint density at radius 1 is 1.14 bits per heavy atom. The second kappa shape index (κ2) is 9.22. The van der Waals surface area contributed by atoms with Gasteiger partial charge in [-0.15, -0.1) is 0 Å². The van der Waals surface area contributed by atoms with Crippen LogP contribution in [-0.2, 0) is 13.0 Å². The maximum absolute atomic E-state index is 12.4. The lowest BCUT2D eigenvalue weighted by Gasteiger charge is -2.19. The van der Waals surface area contributed by atoms with Gasteiger partial charge in [0, 0.05) is 19.0 Å². The molecule has 0 saturated heterocycles. The smallest absolute Gasteiger partial charge is 0.255 e. The van der Waals surface area contributed by atoms with Crippen molar-refractivity contribution in [3.8, 4) is 11.5 Å². The average molecular weight is 400 g/mol. The Labute approximate surface area is 170 Å². The largest absolute Gasteiger partial charge is 0.493 e. The summed E-state index contributed by atoms with van der Waals surface area (Å²) < 4.78 is 12.1. The lowest BCUT2D eigenvalue weighted by atomic mass is 9.97. The quantitative estimate of drug-likeness (QED) is 0.562. The summed E-state index contributed by atoms with van der Waals surface area (Å²) in [6.07, 6.45) is 1.79. The van der Waals surface area contributed by atoms with E-state index in [-0.39, 0.29) is 22.8 Å². The number of aromatic nitrogens is 2. The van der Waals surface area contributed by atoms with Gasteiger partial charge in [0.2, 0.25) is 0 Å². The van der Waals surface area contributed by atoms with Gasteiger partial charge in [-0.1, -0.05) is 26.8 Å². The number of rotatable bonds is 6. The number of nitrogens with zero attached hydrogens (tertiary/aromatic N) is 4. The van der Waals surface area contributed by atoms with Gasteiger partial charge in [0.25, 0.3) is 5.56 Å². The number of hydrogen-bond acceptors (Lipinski definition) is 5. The van der Waals surface area contributed by atoms with Crippen molar-refractivity contribution in [2.24, 2.45) is 26.9 Å². The Morgan fingerprint density at radius 3 is 2.38 bits per heavy atom. The van der Waals surface area contributed by atoms with Crippen molar-refractivity contribution >= 4 is 17.6 Å². The molecule has 0 aliphatic carbocycles. The van der Waals surface area contributed by atoms with Gasteiger partial charge in [-0.2, -0.15) is 4.99 Å². The third-order valence-corrected chi connectivity index (χ3v) is 3.82. The van der Waals surface area contributed by atoms with E-state index >= 15 is 0 Å². The van der Waals surface area contributed by atoms with E-state index in [2.05, 4.69) is 15.0 Å². The van der Waals surface area contributed by atoms with Crippen molar-refractivity contribution in [3.05, 3.63) is 46.5 Å². The number of hydrogen-bond donors (Lipinski definition) is 2. The van der Waals surface area contributed by atoms with E-state index in [1.54, 1.807) is 24.9 Å². The molecule has 0 atom stereocenters. The van der Waals surface area contributed by atoms with Crippen molar-refractivity contribution in [2.45, 2.75) is 33.7 Å². The summed E-state index contributed by atoms with van der Waals surface area (Å²) in [5, 5.41) is 0. The van der Waals surface area contributed by atoms with Gasteiger partial charge in [-0.05, 0) is 23.1 Å². The van der Waals surface area contributed by atoms with E-state index in [4.69, 9.17) is 20.9 Å². The molecule has 9 heteroatoms. The first-order valence-electron chi connectivity index (χ1n) is 9.06. The SMILES string of the molecule is COc1ccc(C/C(N=C(N)N)=N\c2cc(=O)n(CC(C)(C)C)cn2)cc1OC. The van der Waals surface area contributed by atoms with E-state index < -0.39 is 0 Å². The molecule has 0 spiro atoms. The fraction of sp³-hybridized carbons (Fsp3) is 0.400. The Kier molecular flexibility index (Phi) is 6.98. The molecule has 29 heavy (non-hydrogen) atoms. The molecular weight excluding hydrogens is 372 g/mol. The molecule has 0 bridgehead atoms. The summed E-state index contributed by atoms with van der Waals surface area (Å²) in [5.41, 5.74) is 11.7. The van der Waals surface area contributed by atoms with Gasteiger partial charge in [0.05, 0.1) is 20.5 Å². The maximum Gasteiger partial charge on any atom is 0.255 e. The molecule has 0 unspecified atom stereocenters. The number of guanidine groups is 1. The first kappa shape index (κ1) is 21.9. The Bertz CT molecular complexity index is 969. The number of amidine groups is 1. The van der Waals surface area contributed by atoms with Crippen molar-refractivity contribution in [3.63, 3.8) is 0 Å². The van der Waals surface area contributed by atoms with Crippen molar-refractivity contribution in [1.82, 2.24) is 9.55 Å². The lowest BCUT2D eigenvalue weighted by Crippen LogP contribution is -2.26. The lowest BCUT2D eigenvalue weighted by molar-refractivity contribution is 0.336. The highest BCUT2D eigenvalue weighted by Crippen LogP contribution is 2.28. The van der Waals surface area contributed by atoms with Crippen LogP contribution in [0.15, 0.2) is 45.4 Å². The van der Waals surface area contributed by atoms with E-state index in [0.29, 0.717) is 30.3 Å². The number of ether oxygens (including phenoxy) is 2. The summed E-state index contributed by atoms with van der Waals surface area (Å²) in [6, 6.07) is 6.81. The van der Waals surface area contributed by atoms with Crippen LogP contribution in [0, 0.1) is 5.41 Å². The second-order valence-electron chi connectivity index (χ2n) is 7.70. The summed E-state index contributed by atoms with van der Waals surface area (Å²) >= 11 is 0. The molecule has 0 amide bonds. The molecule has 2 rings (SSSR count). The van der Waals surface area contributed by atoms with Crippen LogP contribution in [-0.4, -0.2) is 35.6 Å². The zero-order valence-electron chi connectivity index (χ0n) is 17.5. The van der Waals surface area contributed by atoms with Crippen LogP contribution >= 0.6 is 0 Å². The summed E-state index contributed by atoms with van der Waals surface area (Å²) in [6.45, 7) is 6.69. The molecule has 0 radical (unpaired) electrons. The molecule has 0 aliphatic heterocycles. The molecule has 4 N–H and O–H groups in total. The standard InChI is InChI=1S/C20H28N6O3/c1-20(2,3)11-26-12-23-16(10-18(26)27)24-17(25-19(21)22)9-13-6-7-14(28-4)15(8-13)29-5/h6-8,10,12H,9,11H2,1-5H3,(H4,21,22,24,25). The Hall–Kier alpha value is -3.36. The van der Waals surface area contributed by atoms with Gasteiger partial charge in [-0.25, -0.2) is 9.98 Å². The van der Waals surface area contributed by atoms with Gasteiger partial charge in [0.15, 0.2) is 23.3 Å². The van der Waals surface area contributed by atoms with Gasteiger partial charge in [0.1, 0.15) is 5.84 Å². The van der Waals surface area contributed by atoms with E-state index in [9.17, 15) is 4.79 Å². The Morgan fingerprint density at radius 2 is 1.83 bits per heavy atom. The molecule has 0 saturated carbocycles. The highest BCUT2D eigenvalue weighted by atomic mass is 16.5. The molecule has 1 heterocycles. The summed E-state index contributed by atoms with van der Waals surface area (Å²) in [5.74, 6) is 1.61. The Balaban J connectivity index is 2.36. The third-order valence-electron chi connectivity index (χ3n) is 3.82. The molecule has 9 nitrogen and oxygen atoms in total. The van der Waals surface area contributed by atoms with Crippen LogP contribution in [0.4, 0.5) is 5.82 Å². The molecular formula is C20H28N6O3. The number of nitrogens with two attached hydrogens (primary N) is 2. The van der Waals surface area contributed by atoms with Crippen LogP contribution < -0.4 is 26.5 Å². The minimum absolute atomic E-state index is 0.0484. The molecule has 0 aliphatic rings.